The van der Waals surface area contributed by atoms with Crippen LogP contribution in [0.4, 0.5) is 10.5 Å². The van der Waals surface area contributed by atoms with Crippen molar-refractivity contribution in [2.24, 2.45) is 0 Å². The van der Waals surface area contributed by atoms with Gasteiger partial charge in [0, 0.05) is 12.4 Å². The number of amides is 1. The summed E-state index contributed by atoms with van der Waals surface area (Å²) >= 11 is 0. The normalized spacial score (nSPS) is 15.2. The summed E-state index contributed by atoms with van der Waals surface area (Å²) in [6.45, 7) is 0.642. The van der Waals surface area contributed by atoms with Gasteiger partial charge in [0.05, 0.1) is 12.2 Å². The Balaban J connectivity index is 2.42. The SMILES string of the molecule is O=C(O)c1cnccc1N1CCOC1=O. The fraction of sp³-hybridized carbons (Fsp3) is 0.222. The van der Waals surface area contributed by atoms with E-state index in [4.69, 9.17) is 9.84 Å². The zero-order chi connectivity index (χ0) is 10.8. The number of hydrogen-bond acceptors (Lipinski definition) is 4. The first-order valence-electron chi connectivity index (χ1n) is 4.32. The highest BCUT2D eigenvalue weighted by Crippen LogP contribution is 2.22. The zero-order valence-corrected chi connectivity index (χ0v) is 7.71. The minimum atomic E-state index is -1.11. The molecule has 0 aliphatic carbocycles. The molecule has 0 radical (unpaired) electrons. The monoisotopic (exact) mass is 208 g/mol. The molecule has 1 aliphatic heterocycles. The number of rotatable bonds is 2. The summed E-state index contributed by atoms with van der Waals surface area (Å²) in [6, 6.07) is 1.48. The molecule has 0 aromatic carbocycles. The van der Waals surface area contributed by atoms with Gasteiger partial charge in [0.25, 0.3) is 0 Å². The maximum atomic E-state index is 11.2. The fourth-order valence-corrected chi connectivity index (χ4v) is 1.40. The van der Waals surface area contributed by atoms with E-state index in [0.717, 1.165) is 0 Å². The molecular formula is C9H8N2O4. The third-order valence-corrected chi connectivity index (χ3v) is 2.08. The topological polar surface area (TPSA) is 79.7 Å². The number of carbonyl (C=O) groups excluding carboxylic acids is 1. The van der Waals surface area contributed by atoms with Crippen LogP contribution in [0.2, 0.25) is 0 Å². The van der Waals surface area contributed by atoms with Crippen molar-refractivity contribution in [3.63, 3.8) is 0 Å². The van der Waals surface area contributed by atoms with Crippen molar-refractivity contribution in [1.82, 2.24) is 4.98 Å². The Kier molecular flexibility index (Phi) is 2.24. The highest BCUT2D eigenvalue weighted by Gasteiger charge is 2.27. The van der Waals surface area contributed by atoms with E-state index in [2.05, 4.69) is 4.98 Å². The van der Waals surface area contributed by atoms with Crippen molar-refractivity contribution >= 4 is 17.7 Å². The van der Waals surface area contributed by atoms with Gasteiger partial charge >= 0.3 is 12.1 Å². The van der Waals surface area contributed by atoms with Crippen molar-refractivity contribution in [3.05, 3.63) is 24.0 Å². The molecule has 0 bridgehead atoms. The molecule has 78 valence electrons. The minimum absolute atomic E-state index is 0.00338. The lowest BCUT2D eigenvalue weighted by atomic mass is 10.2. The van der Waals surface area contributed by atoms with Crippen LogP contribution in [0.3, 0.4) is 0 Å². The van der Waals surface area contributed by atoms with Gasteiger partial charge in [-0.15, -0.1) is 0 Å². The summed E-state index contributed by atoms with van der Waals surface area (Å²) in [5, 5.41) is 8.89. The van der Waals surface area contributed by atoms with Gasteiger partial charge in [-0.25, -0.2) is 9.59 Å². The van der Waals surface area contributed by atoms with Gasteiger partial charge in [0.2, 0.25) is 0 Å². The van der Waals surface area contributed by atoms with Crippen LogP contribution in [0, 0.1) is 0 Å². The summed E-state index contributed by atoms with van der Waals surface area (Å²) in [4.78, 5) is 27.1. The predicted octanol–water partition coefficient (Wildman–Crippen LogP) is 0.736. The highest BCUT2D eigenvalue weighted by atomic mass is 16.6. The van der Waals surface area contributed by atoms with E-state index >= 15 is 0 Å². The number of nitrogens with zero attached hydrogens (tertiary/aromatic N) is 2. The molecule has 1 aromatic heterocycles. The zero-order valence-electron chi connectivity index (χ0n) is 7.71. The molecular weight excluding hydrogens is 200 g/mol. The molecule has 15 heavy (non-hydrogen) atoms. The van der Waals surface area contributed by atoms with Gasteiger partial charge in [-0.3, -0.25) is 9.88 Å². The summed E-state index contributed by atoms with van der Waals surface area (Å²) < 4.78 is 4.73. The molecule has 1 N–H and O–H groups in total. The summed E-state index contributed by atoms with van der Waals surface area (Å²) in [7, 11) is 0. The average molecular weight is 208 g/mol. The smallest absolute Gasteiger partial charge is 0.414 e. The molecule has 2 rings (SSSR count). The van der Waals surface area contributed by atoms with Crippen molar-refractivity contribution in [1.29, 1.82) is 0 Å². The van der Waals surface area contributed by atoms with Crippen LogP contribution in [0.15, 0.2) is 18.5 Å². The molecule has 2 heterocycles. The largest absolute Gasteiger partial charge is 0.478 e. The third-order valence-electron chi connectivity index (χ3n) is 2.08. The van der Waals surface area contributed by atoms with E-state index in [1.54, 1.807) is 0 Å². The fourth-order valence-electron chi connectivity index (χ4n) is 1.40. The van der Waals surface area contributed by atoms with E-state index in [1.165, 1.54) is 23.4 Å². The van der Waals surface area contributed by atoms with Gasteiger partial charge in [-0.1, -0.05) is 0 Å². The molecule has 1 aromatic rings. The van der Waals surface area contributed by atoms with E-state index in [1.807, 2.05) is 0 Å². The molecule has 1 fully saturated rings. The van der Waals surface area contributed by atoms with Crippen LogP contribution in [-0.4, -0.2) is 35.3 Å². The second-order valence-electron chi connectivity index (χ2n) is 2.96. The van der Waals surface area contributed by atoms with E-state index in [9.17, 15) is 9.59 Å². The maximum absolute atomic E-state index is 11.2. The first-order valence-corrected chi connectivity index (χ1v) is 4.32. The number of carboxylic acids is 1. The first-order chi connectivity index (χ1) is 7.20. The predicted molar refractivity (Wildman–Crippen MR) is 49.9 cm³/mol. The van der Waals surface area contributed by atoms with Crippen LogP contribution in [-0.2, 0) is 4.74 Å². The molecule has 0 atom stereocenters. The molecule has 1 aliphatic rings. The molecule has 1 saturated heterocycles. The number of anilines is 1. The first kappa shape index (κ1) is 9.45. The lowest BCUT2D eigenvalue weighted by molar-refractivity contribution is 0.0697. The van der Waals surface area contributed by atoms with Crippen molar-refractivity contribution in [3.8, 4) is 0 Å². The number of hydrogen-bond donors (Lipinski definition) is 1. The van der Waals surface area contributed by atoms with Crippen LogP contribution in [0.1, 0.15) is 10.4 Å². The summed E-state index contributed by atoms with van der Waals surface area (Å²) in [5.74, 6) is -1.11. The van der Waals surface area contributed by atoms with Crippen molar-refractivity contribution < 1.29 is 19.4 Å². The molecule has 1 amide bonds. The Labute approximate surface area is 85.1 Å². The van der Waals surface area contributed by atoms with Crippen LogP contribution >= 0.6 is 0 Å². The molecule has 0 saturated carbocycles. The van der Waals surface area contributed by atoms with Gasteiger partial charge in [0.15, 0.2) is 0 Å². The Hall–Kier alpha value is -2.11. The third kappa shape index (κ3) is 1.61. The van der Waals surface area contributed by atoms with Crippen molar-refractivity contribution in [2.45, 2.75) is 0 Å². The Morgan fingerprint density at radius 3 is 3.00 bits per heavy atom. The van der Waals surface area contributed by atoms with E-state index in [-0.39, 0.29) is 12.2 Å². The number of cyclic esters (lactones) is 1. The van der Waals surface area contributed by atoms with Crippen molar-refractivity contribution in [2.75, 3.05) is 18.1 Å². The Morgan fingerprint density at radius 1 is 1.60 bits per heavy atom. The lowest BCUT2D eigenvalue weighted by Crippen LogP contribution is -2.25. The summed E-state index contributed by atoms with van der Waals surface area (Å²) in [6.07, 6.45) is 2.13. The Morgan fingerprint density at radius 2 is 2.40 bits per heavy atom. The highest BCUT2D eigenvalue weighted by molar-refractivity contribution is 6.00. The second-order valence-corrected chi connectivity index (χ2v) is 2.96. The average Bonchev–Trinajstić information content (AvgIpc) is 2.64. The van der Waals surface area contributed by atoms with Gasteiger partial charge in [-0.2, -0.15) is 0 Å². The molecule has 0 unspecified atom stereocenters. The standard InChI is InChI=1S/C9H8N2O4/c12-8(13)6-5-10-2-1-7(6)11-3-4-15-9(11)14/h1-2,5H,3-4H2,(H,12,13). The molecule has 6 heteroatoms. The number of pyridine rings is 1. The van der Waals surface area contributed by atoms with Gasteiger partial charge in [-0.05, 0) is 6.07 Å². The van der Waals surface area contributed by atoms with Gasteiger partial charge < -0.3 is 9.84 Å². The second kappa shape index (κ2) is 3.56. The van der Waals surface area contributed by atoms with Crippen LogP contribution in [0.5, 0.6) is 0 Å². The molecule has 6 nitrogen and oxygen atoms in total. The van der Waals surface area contributed by atoms with Crippen LogP contribution < -0.4 is 4.90 Å². The van der Waals surface area contributed by atoms with Gasteiger partial charge in [0.1, 0.15) is 12.2 Å². The lowest BCUT2D eigenvalue weighted by Gasteiger charge is -2.14. The van der Waals surface area contributed by atoms with E-state index in [0.29, 0.717) is 12.2 Å². The number of aromatic carboxylic acids is 1. The number of carboxylic acid groups (broad SMARTS) is 1. The minimum Gasteiger partial charge on any atom is -0.478 e. The quantitative estimate of drug-likeness (QED) is 0.775. The van der Waals surface area contributed by atoms with E-state index < -0.39 is 12.1 Å². The Bertz CT molecular complexity index is 418. The molecule has 0 spiro atoms. The maximum Gasteiger partial charge on any atom is 0.414 e. The number of aromatic nitrogens is 1. The number of carbonyl (C=O) groups is 2. The number of ether oxygens (including phenoxy) is 1. The van der Waals surface area contributed by atoms with Crippen LogP contribution in [0.25, 0.3) is 0 Å². The summed E-state index contributed by atoms with van der Waals surface area (Å²) in [5.41, 5.74) is 0.316.